The lowest BCUT2D eigenvalue weighted by atomic mass is 9.87. The molecular formula is C47H58O8. The molecule has 2 aliphatic rings. The normalized spacial score (nSPS) is 14.9. The molecule has 0 amide bonds. The summed E-state index contributed by atoms with van der Waals surface area (Å²) in [6.45, 7) is 21.1. The summed E-state index contributed by atoms with van der Waals surface area (Å²) in [5.41, 5.74) is 11.1. The third-order valence-corrected chi connectivity index (χ3v) is 9.84. The second-order valence-electron chi connectivity index (χ2n) is 16.6. The van der Waals surface area contributed by atoms with Gasteiger partial charge in [-0.2, -0.15) is 0 Å². The Hall–Kier alpha value is -4.66. The third kappa shape index (κ3) is 9.96. The number of esters is 1. The summed E-state index contributed by atoms with van der Waals surface area (Å²) in [5.74, 6) is 0.530. The minimum atomic E-state index is -1.02. The number of aryl methyl sites for hydroxylation is 6. The van der Waals surface area contributed by atoms with Crippen LogP contribution in [-0.2, 0) is 36.6 Å². The molecule has 8 heteroatoms. The van der Waals surface area contributed by atoms with Crippen molar-refractivity contribution >= 4 is 11.9 Å². The second-order valence-corrected chi connectivity index (χ2v) is 16.6. The van der Waals surface area contributed by atoms with E-state index in [1.165, 1.54) is 18.2 Å². The summed E-state index contributed by atoms with van der Waals surface area (Å²) < 4.78 is 28.8. The number of carboxylic acids is 1. The number of carbonyl (C=O) groups excluding carboxylic acids is 1. The first kappa shape index (κ1) is 41.5. The molecule has 0 saturated carbocycles. The fourth-order valence-electron chi connectivity index (χ4n) is 7.41. The average Bonchev–Trinajstić information content (AvgIpc) is 3.13. The summed E-state index contributed by atoms with van der Waals surface area (Å²) in [5, 5.41) is 9.92. The molecule has 4 aromatic rings. The number of rotatable bonds is 8. The lowest BCUT2D eigenvalue weighted by Crippen LogP contribution is -2.29. The smallest absolute Gasteiger partial charge is 0.339 e. The van der Waals surface area contributed by atoms with Gasteiger partial charge in [0.1, 0.15) is 11.5 Å². The van der Waals surface area contributed by atoms with Gasteiger partial charge in [-0.25, -0.2) is 9.59 Å². The van der Waals surface area contributed by atoms with Crippen LogP contribution in [0.5, 0.6) is 11.5 Å². The van der Waals surface area contributed by atoms with Crippen LogP contribution in [0.15, 0.2) is 60.7 Å². The molecule has 8 nitrogen and oxygen atoms in total. The van der Waals surface area contributed by atoms with Gasteiger partial charge in [0, 0.05) is 11.1 Å². The minimum absolute atomic E-state index is 0.383. The van der Waals surface area contributed by atoms with Gasteiger partial charge in [0.05, 0.1) is 31.5 Å². The van der Waals surface area contributed by atoms with Crippen LogP contribution in [0.2, 0.25) is 0 Å². The van der Waals surface area contributed by atoms with Crippen molar-refractivity contribution in [1.82, 2.24) is 0 Å². The maximum Gasteiger partial charge on any atom is 0.339 e. The van der Waals surface area contributed by atoms with Gasteiger partial charge in [-0.15, -0.1) is 0 Å². The summed E-state index contributed by atoms with van der Waals surface area (Å²) >= 11 is 0. The summed E-state index contributed by atoms with van der Waals surface area (Å²) in [6, 6.07) is 20.6. The highest BCUT2D eigenvalue weighted by Gasteiger charge is 2.33. The molecule has 0 radical (unpaired) electrons. The molecule has 0 aliphatic carbocycles. The van der Waals surface area contributed by atoms with Crippen LogP contribution in [-0.4, -0.2) is 48.6 Å². The van der Waals surface area contributed by atoms with Gasteiger partial charge in [0.25, 0.3) is 0 Å². The Morgan fingerprint density at radius 2 is 1.02 bits per heavy atom. The predicted molar refractivity (Wildman–Crippen MR) is 217 cm³/mol. The summed E-state index contributed by atoms with van der Waals surface area (Å²) in [6.07, 6.45) is 2.20. The quantitative estimate of drug-likeness (QED) is 0.178. The van der Waals surface area contributed by atoms with Crippen LogP contribution < -0.4 is 9.47 Å². The van der Waals surface area contributed by atoms with E-state index in [2.05, 4.69) is 31.2 Å². The number of hydrogen-bond donors (Lipinski definition) is 1. The molecule has 0 saturated heterocycles. The zero-order valence-corrected chi connectivity index (χ0v) is 34.5. The van der Waals surface area contributed by atoms with Crippen LogP contribution >= 0.6 is 0 Å². The highest BCUT2D eigenvalue weighted by Crippen LogP contribution is 2.41. The lowest BCUT2D eigenvalue weighted by Gasteiger charge is -2.29. The van der Waals surface area contributed by atoms with E-state index in [0.717, 1.165) is 106 Å². The van der Waals surface area contributed by atoms with Gasteiger partial charge in [0.2, 0.25) is 0 Å². The molecule has 4 aromatic carbocycles. The SMILES string of the molecule is COC(=O)C(OC(C)(C)C)c1c(C)ccc(C)c1-c1ccc2c(c1)CCCO2.Cc1ccc(C)c(C(OC(C)(C)C)C(=O)O)c1-c1ccc2c(c1)CCCO2. The van der Waals surface area contributed by atoms with Gasteiger partial charge < -0.3 is 28.8 Å². The van der Waals surface area contributed by atoms with Crippen molar-refractivity contribution in [3.63, 3.8) is 0 Å². The molecular weight excluding hydrogens is 693 g/mol. The van der Waals surface area contributed by atoms with Crippen LogP contribution in [0.3, 0.4) is 0 Å². The topological polar surface area (TPSA) is 101 Å². The van der Waals surface area contributed by atoms with Crippen molar-refractivity contribution in [3.05, 3.63) is 105 Å². The molecule has 2 unspecified atom stereocenters. The first-order chi connectivity index (χ1) is 25.9. The van der Waals surface area contributed by atoms with Gasteiger partial charge in [-0.3, -0.25) is 0 Å². The molecule has 0 fully saturated rings. The van der Waals surface area contributed by atoms with Crippen LogP contribution in [0.25, 0.3) is 22.3 Å². The van der Waals surface area contributed by atoms with Crippen molar-refractivity contribution in [2.24, 2.45) is 0 Å². The maximum atomic E-state index is 12.7. The number of aliphatic carboxylic acids is 1. The van der Waals surface area contributed by atoms with Crippen molar-refractivity contribution in [3.8, 4) is 33.8 Å². The monoisotopic (exact) mass is 750 g/mol. The highest BCUT2D eigenvalue weighted by atomic mass is 16.6. The minimum Gasteiger partial charge on any atom is -0.493 e. The standard InChI is InChI=1S/C24H30O4.C23H28O4/c1-15-9-10-16(2)21(22(23(25)26-6)28-24(3,4)5)20(15)18-11-12-19-17(14-18)8-7-13-27-19;1-14-8-9-15(2)20(21(22(24)25)27-23(3,4)5)19(14)17-10-11-18-16(13-17)7-6-12-26-18/h9-12,14,22H,7-8,13H2,1-6H3;8-11,13,21H,6-7,12H2,1-5H3,(H,24,25). The number of ether oxygens (including phenoxy) is 5. The Balaban J connectivity index is 0.000000211. The average molecular weight is 751 g/mol. The van der Waals surface area contributed by atoms with E-state index in [-0.39, 0.29) is 5.97 Å². The van der Waals surface area contributed by atoms with Gasteiger partial charge in [-0.1, -0.05) is 36.4 Å². The van der Waals surface area contributed by atoms with E-state index in [9.17, 15) is 14.7 Å². The second kappa shape index (κ2) is 17.0. The van der Waals surface area contributed by atoms with Crippen LogP contribution in [0.1, 0.15) is 111 Å². The molecule has 2 atom stereocenters. The van der Waals surface area contributed by atoms with Gasteiger partial charge in [0.15, 0.2) is 12.2 Å². The molecule has 1 N–H and O–H groups in total. The Morgan fingerprint density at radius 3 is 1.42 bits per heavy atom. The number of fused-ring (bicyclic) bond motifs is 2. The fourth-order valence-corrected chi connectivity index (χ4v) is 7.41. The Labute approximate surface area is 327 Å². The van der Waals surface area contributed by atoms with E-state index < -0.39 is 29.4 Å². The van der Waals surface area contributed by atoms with Gasteiger partial charge >= 0.3 is 11.9 Å². The maximum absolute atomic E-state index is 12.7. The molecule has 2 aliphatic heterocycles. The summed E-state index contributed by atoms with van der Waals surface area (Å²) in [4.78, 5) is 24.8. The molecule has 55 heavy (non-hydrogen) atoms. The Kier molecular flexibility index (Phi) is 12.8. The number of carboxylic acid groups (broad SMARTS) is 1. The predicted octanol–water partition coefficient (Wildman–Crippen LogP) is 10.6. The zero-order chi connectivity index (χ0) is 40.2. The highest BCUT2D eigenvalue weighted by molar-refractivity contribution is 5.84. The van der Waals surface area contributed by atoms with Crippen molar-refractivity contribution in [2.75, 3.05) is 20.3 Å². The Bertz CT molecular complexity index is 2030. The summed E-state index contributed by atoms with van der Waals surface area (Å²) in [7, 11) is 1.41. The van der Waals surface area contributed by atoms with Crippen molar-refractivity contribution in [2.45, 2.75) is 118 Å². The first-order valence-corrected chi connectivity index (χ1v) is 19.3. The number of methoxy groups -OCH3 is 1. The molecule has 0 bridgehead atoms. The van der Waals surface area contributed by atoms with Gasteiger partial charge in [-0.05, 0) is 175 Å². The van der Waals surface area contributed by atoms with E-state index in [1.54, 1.807) is 0 Å². The molecule has 2 heterocycles. The molecule has 0 spiro atoms. The Morgan fingerprint density at radius 1 is 0.618 bits per heavy atom. The fraction of sp³-hybridized carbons (Fsp3) is 0.447. The lowest BCUT2D eigenvalue weighted by molar-refractivity contribution is -0.164. The third-order valence-electron chi connectivity index (χ3n) is 9.84. The molecule has 294 valence electrons. The van der Waals surface area contributed by atoms with E-state index in [4.69, 9.17) is 23.7 Å². The molecule has 6 rings (SSSR count). The largest absolute Gasteiger partial charge is 0.493 e. The number of hydrogen-bond acceptors (Lipinski definition) is 7. The number of benzene rings is 4. The van der Waals surface area contributed by atoms with Crippen LogP contribution in [0, 0.1) is 27.7 Å². The molecule has 0 aromatic heterocycles. The van der Waals surface area contributed by atoms with Crippen LogP contribution in [0.4, 0.5) is 0 Å². The number of carbonyl (C=O) groups is 2. The van der Waals surface area contributed by atoms with Crippen molar-refractivity contribution < 1.29 is 38.4 Å². The van der Waals surface area contributed by atoms with Crippen molar-refractivity contribution in [1.29, 1.82) is 0 Å². The zero-order valence-electron chi connectivity index (χ0n) is 34.5. The first-order valence-electron chi connectivity index (χ1n) is 19.3. The van der Waals surface area contributed by atoms with E-state index in [0.29, 0.717) is 0 Å². The van der Waals surface area contributed by atoms with E-state index in [1.807, 2.05) is 98.7 Å². The van der Waals surface area contributed by atoms with E-state index >= 15 is 0 Å².